The van der Waals surface area contributed by atoms with E-state index in [1.807, 2.05) is 33.0 Å². The van der Waals surface area contributed by atoms with E-state index in [0.717, 1.165) is 25.1 Å². The summed E-state index contributed by atoms with van der Waals surface area (Å²) >= 11 is 0. The summed E-state index contributed by atoms with van der Waals surface area (Å²) in [6.07, 6.45) is 5.02. The van der Waals surface area contributed by atoms with Crippen molar-refractivity contribution < 1.29 is 23.8 Å². The minimum Gasteiger partial charge on any atom is -0.491 e. The summed E-state index contributed by atoms with van der Waals surface area (Å²) in [5.74, 6) is 0.757. The highest BCUT2D eigenvalue weighted by molar-refractivity contribution is 5.94. The summed E-state index contributed by atoms with van der Waals surface area (Å²) in [6, 6.07) is 12.3. The Morgan fingerprint density at radius 1 is 1.05 bits per heavy atom. The summed E-state index contributed by atoms with van der Waals surface area (Å²) in [7, 11) is 3.10. The van der Waals surface area contributed by atoms with Gasteiger partial charge >= 0.3 is 5.97 Å². The number of carbonyl (C=O) groups excluding carboxylic acids is 2. The molecule has 0 aliphatic carbocycles. The number of benzene rings is 1. The fourth-order valence-corrected chi connectivity index (χ4v) is 4.81. The van der Waals surface area contributed by atoms with E-state index in [0.29, 0.717) is 46.6 Å². The van der Waals surface area contributed by atoms with Gasteiger partial charge < -0.3 is 29.7 Å². The Labute approximate surface area is 244 Å². The molecular formula is C30H35N7O5. The molecule has 1 fully saturated rings. The Kier molecular flexibility index (Phi) is 8.14. The van der Waals surface area contributed by atoms with Crippen molar-refractivity contribution in [2.75, 3.05) is 42.8 Å². The molecule has 2 N–H and O–H groups in total. The fraction of sp³-hybridized carbons (Fsp3) is 0.367. The number of pyridine rings is 2. The second-order valence-corrected chi connectivity index (χ2v) is 11.0. The van der Waals surface area contributed by atoms with Gasteiger partial charge in [-0.3, -0.25) is 4.79 Å². The van der Waals surface area contributed by atoms with Gasteiger partial charge in [-0.2, -0.15) is 10.1 Å². The van der Waals surface area contributed by atoms with Gasteiger partial charge in [0.2, 0.25) is 5.91 Å². The molecule has 1 aromatic carbocycles. The number of fused-ring (bicyclic) bond motifs is 1. The Hall–Kier alpha value is -4.87. The smallest absolute Gasteiger partial charge is 0.338 e. The summed E-state index contributed by atoms with van der Waals surface area (Å²) < 4.78 is 17.8. The van der Waals surface area contributed by atoms with Gasteiger partial charge in [0, 0.05) is 18.8 Å². The molecule has 4 heterocycles. The number of anilines is 4. The van der Waals surface area contributed by atoms with Crippen molar-refractivity contribution in [2.45, 2.75) is 39.2 Å². The van der Waals surface area contributed by atoms with Crippen LogP contribution < -0.4 is 25.0 Å². The molecule has 1 unspecified atom stereocenters. The number of aromatic nitrogens is 4. The Morgan fingerprint density at radius 2 is 1.83 bits per heavy atom. The van der Waals surface area contributed by atoms with E-state index in [1.165, 1.54) is 13.4 Å². The van der Waals surface area contributed by atoms with Crippen LogP contribution in [0.4, 0.5) is 22.9 Å². The third kappa shape index (κ3) is 6.54. The number of amides is 1. The van der Waals surface area contributed by atoms with Gasteiger partial charge in [-0.25, -0.2) is 14.3 Å². The van der Waals surface area contributed by atoms with Crippen LogP contribution in [0.1, 0.15) is 44.0 Å². The van der Waals surface area contributed by atoms with Crippen molar-refractivity contribution in [1.82, 2.24) is 19.6 Å². The van der Waals surface area contributed by atoms with Crippen LogP contribution in [0.2, 0.25) is 0 Å². The molecular weight excluding hydrogens is 538 g/mol. The molecule has 220 valence electrons. The Balaban J connectivity index is 1.29. The van der Waals surface area contributed by atoms with E-state index < -0.39 is 11.6 Å². The van der Waals surface area contributed by atoms with Gasteiger partial charge in [0.15, 0.2) is 11.4 Å². The quantitative estimate of drug-likeness (QED) is 0.286. The average Bonchev–Trinajstić information content (AvgIpc) is 3.46. The van der Waals surface area contributed by atoms with E-state index >= 15 is 0 Å². The molecule has 0 saturated carbocycles. The molecule has 5 rings (SSSR count). The fourth-order valence-electron chi connectivity index (χ4n) is 4.81. The zero-order valence-electron chi connectivity index (χ0n) is 24.4. The maximum Gasteiger partial charge on any atom is 0.338 e. The highest BCUT2D eigenvalue weighted by Crippen LogP contribution is 2.31. The molecule has 12 heteroatoms. The van der Waals surface area contributed by atoms with Crippen molar-refractivity contribution in [3.8, 4) is 11.6 Å². The van der Waals surface area contributed by atoms with Gasteiger partial charge in [0.25, 0.3) is 5.88 Å². The average molecular weight is 574 g/mol. The van der Waals surface area contributed by atoms with E-state index in [-0.39, 0.29) is 11.8 Å². The summed E-state index contributed by atoms with van der Waals surface area (Å²) in [5.41, 5.74) is 2.73. The Bertz CT molecular complexity index is 1580. The largest absolute Gasteiger partial charge is 0.491 e. The molecule has 0 radical (unpaired) electrons. The van der Waals surface area contributed by atoms with Gasteiger partial charge in [-0.15, -0.1) is 0 Å². The van der Waals surface area contributed by atoms with Gasteiger partial charge in [-0.05, 0) is 76.1 Å². The number of carbonyl (C=O) groups is 2. The van der Waals surface area contributed by atoms with Gasteiger partial charge in [-0.1, -0.05) is 0 Å². The lowest BCUT2D eigenvalue weighted by Crippen LogP contribution is -2.40. The summed E-state index contributed by atoms with van der Waals surface area (Å²) in [5, 5.41) is 10.7. The molecule has 1 atom stereocenters. The first kappa shape index (κ1) is 28.7. The second kappa shape index (κ2) is 11.9. The van der Waals surface area contributed by atoms with Crippen LogP contribution in [-0.2, 0) is 9.53 Å². The molecule has 0 spiro atoms. The first-order valence-electron chi connectivity index (χ1n) is 13.7. The standard InChI is InChI=1S/C30H35N7O5/c1-30(2,3)42-29(39)19-8-10-21(11-9-19)33-27(38)20-7-6-14-36(16-20)22-15-23(26-31-18-32-37(26)17-22)34-25-13-12-24(40-4)28(35-25)41-5/h8-13,15,17-18,20H,6-7,14,16H2,1-5H3,(H,33,38)(H,34,35). The van der Waals surface area contributed by atoms with Crippen molar-refractivity contribution in [3.05, 3.63) is 60.6 Å². The molecule has 0 bridgehead atoms. The first-order valence-corrected chi connectivity index (χ1v) is 13.7. The number of rotatable bonds is 8. The Morgan fingerprint density at radius 3 is 2.55 bits per heavy atom. The number of nitrogens with one attached hydrogen (secondary N) is 2. The van der Waals surface area contributed by atoms with Crippen molar-refractivity contribution in [1.29, 1.82) is 0 Å². The molecule has 42 heavy (non-hydrogen) atoms. The second-order valence-electron chi connectivity index (χ2n) is 11.0. The molecule has 12 nitrogen and oxygen atoms in total. The maximum absolute atomic E-state index is 13.2. The predicted octanol–water partition coefficient (Wildman–Crippen LogP) is 4.70. The van der Waals surface area contributed by atoms with Crippen molar-refractivity contribution >= 4 is 40.4 Å². The number of nitrogens with zero attached hydrogens (tertiary/aromatic N) is 5. The summed E-state index contributed by atoms with van der Waals surface area (Å²) in [6.45, 7) is 6.80. The van der Waals surface area contributed by atoms with E-state index in [2.05, 4.69) is 30.6 Å². The van der Waals surface area contributed by atoms with Crippen LogP contribution in [-0.4, -0.2) is 64.4 Å². The number of esters is 1. The third-order valence-corrected chi connectivity index (χ3v) is 6.81. The van der Waals surface area contributed by atoms with Crippen LogP contribution in [0.25, 0.3) is 5.65 Å². The van der Waals surface area contributed by atoms with Crippen LogP contribution in [0.15, 0.2) is 55.0 Å². The van der Waals surface area contributed by atoms with Gasteiger partial charge in [0.1, 0.15) is 17.7 Å². The molecule has 1 aliphatic heterocycles. The van der Waals surface area contributed by atoms with Crippen LogP contribution >= 0.6 is 0 Å². The lowest BCUT2D eigenvalue weighted by molar-refractivity contribution is -0.120. The maximum atomic E-state index is 13.2. The number of hydrogen-bond acceptors (Lipinski definition) is 10. The third-order valence-electron chi connectivity index (χ3n) is 6.81. The predicted molar refractivity (Wildman–Crippen MR) is 159 cm³/mol. The summed E-state index contributed by atoms with van der Waals surface area (Å²) in [4.78, 5) is 36.6. The van der Waals surface area contributed by atoms with E-state index in [1.54, 1.807) is 48.0 Å². The van der Waals surface area contributed by atoms with Crippen LogP contribution in [0.3, 0.4) is 0 Å². The van der Waals surface area contributed by atoms with Crippen molar-refractivity contribution in [2.24, 2.45) is 5.92 Å². The number of hydrogen-bond donors (Lipinski definition) is 2. The van der Waals surface area contributed by atoms with Crippen LogP contribution in [0, 0.1) is 5.92 Å². The molecule has 1 saturated heterocycles. The minimum atomic E-state index is -0.577. The molecule has 1 aliphatic rings. The number of ether oxygens (including phenoxy) is 3. The van der Waals surface area contributed by atoms with E-state index in [4.69, 9.17) is 14.2 Å². The number of piperidine rings is 1. The highest BCUT2D eigenvalue weighted by atomic mass is 16.6. The van der Waals surface area contributed by atoms with Crippen molar-refractivity contribution in [3.63, 3.8) is 0 Å². The molecule has 4 aromatic rings. The minimum absolute atomic E-state index is 0.0700. The van der Waals surface area contributed by atoms with Gasteiger partial charge in [0.05, 0.1) is 43.3 Å². The van der Waals surface area contributed by atoms with E-state index in [9.17, 15) is 9.59 Å². The zero-order valence-corrected chi connectivity index (χ0v) is 24.4. The highest BCUT2D eigenvalue weighted by Gasteiger charge is 2.27. The monoisotopic (exact) mass is 573 g/mol. The first-order chi connectivity index (χ1) is 20.1. The SMILES string of the molecule is COc1ccc(Nc2cc(N3CCCC(C(=O)Nc4ccc(C(=O)OC(C)(C)C)cc4)C3)cn3ncnc23)nc1OC. The normalized spacial score (nSPS) is 15.3. The molecule has 1 amide bonds. The molecule has 3 aromatic heterocycles. The topological polar surface area (TPSA) is 132 Å². The lowest BCUT2D eigenvalue weighted by atomic mass is 9.96. The lowest BCUT2D eigenvalue weighted by Gasteiger charge is -2.34. The van der Waals surface area contributed by atoms with Crippen LogP contribution in [0.5, 0.6) is 11.6 Å². The number of methoxy groups -OCH3 is 2. The zero-order chi connectivity index (χ0) is 29.9.